The molecule has 9 heteroatoms. The van der Waals surface area contributed by atoms with Gasteiger partial charge in [0.25, 0.3) is 0 Å². The molecule has 2 atom stereocenters. The zero-order chi connectivity index (χ0) is 24.1. The Morgan fingerprint density at radius 2 is 1.91 bits per heavy atom. The van der Waals surface area contributed by atoms with E-state index in [1.54, 1.807) is 4.90 Å². The number of carboxylic acids is 1. The summed E-state index contributed by atoms with van der Waals surface area (Å²) in [4.78, 5) is 25.9. The number of carboxylic acid groups (broad SMARTS) is 1. The molecule has 34 heavy (non-hydrogen) atoms. The van der Waals surface area contributed by atoms with Crippen LogP contribution in [0.2, 0.25) is 0 Å². The van der Waals surface area contributed by atoms with Gasteiger partial charge in [0.1, 0.15) is 17.1 Å². The number of aromatic carboxylic acids is 1. The number of pyridine rings is 1. The molecule has 2 fully saturated rings. The lowest BCUT2D eigenvalue weighted by Gasteiger charge is -2.22. The molecule has 1 aliphatic carbocycles. The van der Waals surface area contributed by atoms with E-state index in [0.29, 0.717) is 26.2 Å². The fourth-order valence-corrected chi connectivity index (χ4v) is 5.14. The molecular formula is C25H26F2N4O3. The maximum atomic E-state index is 16.0. The Labute approximate surface area is 194 Å². The third-order valence-electron chi connectivity index (χ3n) is 7.03. The maximum absolute atomic E-state index is 16.0. The van der Waals surface area contributed by atoms with Crippen molar-refractivity contribution < 1.29 is 18.7 Å². The predicted octanol–water partition coefficient (Wildman–Crippen LogP) is 2.95. The molecule has 1 aliphatic heterocycles. The first-order chi connectivity index (χ1) is 16.3. The van der Waals surface area contributed by atoms with E-state index in [1.165, 1.54) is 10.8 Å². The van der Waals surface area contributed by atoms with Crippen LogP contribution >= 0.6 is 0 Å². The molecule has 0 amide bonds. The van der Waals surface area contributed by atoms with E-state index < -0.39 is 28.6 Å². The van der Waals surface area contributed by atoms with Crippen LogP contribution in [0, 0.1) is 17.6 Å². The lowest BCUT2D eigenvalue weighted by molar-refractivity contribution is 0.0694. The van der Waals surface area contributed by atoms with Gasteiger partial charge in [-0.2, -0.15) is 0 Å². The van der Waals surface area contributed by atoms with E-state index in [0.717, 1.165) is 30.0 Å². The molecule has 5 rings (SSSR count). The summed E-state index contributed by atoms with van der Waals surface area (Å²) in [5, 5.41) is 9.16. The number of hydrogen-bond acceptors (Lipinski definition) is 5. The molecule has 2 aliphatic rings. The smallest absolute Gasteiger partial charge is 0.341 e. The fourth-order valence-electron chi connectivity index (χ4n) is 5.14. The van der Waals surface area contributed by atoms with Gasteiger partial charge in [-0.25, -0.2) is 13.6 Å². The summed E-state index contributed by atoms with van der Waals surface area (Å²) in [6.45, 7) is 1.45. The first-order valence-corrected chi connectivity index (χ1v) is 11.4. The molecule has 0 unspecified atom stereocenters. The van der Waals surface area contributed by atoms with Crippen LogP contribution < -0.4 is 21.8 Å². The lowest BCUT2D eigenvalue weighted by atomic mass is 9.88. The second-order valence-electron chi connectivity index (χ2n) is 9.19. The zero-order valence-electron chi connectivity index (χ0n) is 18.5. The van der Waals surface area contributed by atoms with Crippen LogP contribution in [0.5, 0.6) is 0 Å². The number of halogens is 2. The third-order valence-corrected chi connectivity index (χ3v) is 7.03. The Balaban J connectivity index is 1.63. The van der Waals surface area contributed by atoms with E-state index in [2.05, 4.69) is 0 Å². The highest BCUT2D eigenvalue weighted by atomic mass is 19.1. The average Bonchev–Trinajstić information content (AvgIpc) is 3.58. The molecule has 3 aromatic rings. The van der Waals surface area contributed by atoms with Crippen molar-refractivity contribution in [3.63, 3.8) is 0 Å². The van der Waals surface area contributed by atoms with Gasteiger partial charge in [0.2, 0.25) is 5.43 Å². The highest BCUT2D eigenvalue weighted by Crippen LogP contribution is 2.42. The molecular weight excluding hydrogens is 442 g/mol. The van der Waals surface area contributed by atoms with Crippen LogP contribution in [0.3, 0.4) is 0 Å². The molecule has 178 valence electrons. The van der Waals surface area contributed by atoms with E-state index >= 15 is 8.78 Å². The molecule has 1 saturated carbocycles. The number of benzene rings is 2. The Morgan fingerprint density at radius 1 is 1.15 bits per heavy atom. The van der Waals surface area contributed by atoms with Crippen molar-refractivity contribution in [3.05, 3.63) is 75.1 Å². The predicted molar refractivity (Wildman–Crippen MR) is 125 cm³/mol. The second kappa shape index (κ2) is 8.48. The number of nitrogens with two attached hydrogens (primary N) is 2. The van der Waals surface area contributed by atoms with Gasteiger partial charge in [-0.05, 0) is 42.5 Å². The Hall–Kier alpha value is -3.30. The van der Waals surface area contributed by atoms with Gasteiger partial charge >= 0.3 is 5.97 Å². The number of carbonyl (C=O) groups is 1. The Bertz CT molecular complexity index is 1350. The highest BCUT2D eigenvalue weighted by molar-refractivity contribution is 5.94. The summed E-state index contributed by atoms with van der Waals surface area (Å²) in [6, 6.07) is 8.68. The molecule has 2 heterocycles. The SMILES string of the molecule is NCc1cccc([C@H]2CN(c3c(F)cc4c(=O)c(C(=O)O)cn(C5CC5)c4c3F)C[C@@H]2CN)c1. The minimum Gasteiger partial charge on any atom is -0.477 e. The molecule has 0 bridgehead atoms. The minimum atomic E-state index is -1.42. The van der Waals surface area contributed by atoms with Crippen LogP contribution in [0.25, 0.3) is 10.9 Å². The van der Waals surface area contributed by atoms with Crippen molar-refractivity contribution in [1.29, 1.82) is 0 Å². The summed E-state index contributed by atoms with van der Waals surface area (Å²) in [7, 11) is 0. The summed E-state index contributed by atoms with van der Waals surface area (Å²) < 4.78 is 32.8. The first kappa shape index (κ1) is 22.5. The van der Waals surface area contributed by atoms with Crippen LogP contribution in [-0.2, 0) is 6.54 Å². The van der Waals surface area contributed by atoms with Gasteiger partial charge in [0.05, 0.1) is 10.9 Å². The summed E-state index contributed by atoms with van der Waals surface area (Å²) in [5.74, 6) is -3.21. The van der Waals surface area contributed by atoms with E-state index in [-0.39, 0.29) is 34.5 Å². The van der Waals surface area contributed by atoms with Crippen molar-refractivity contribution in [3.8, 4) is 0 Å². The molecule has 5 N–H and O–H groups in total. The maximum Gasteiger partial charge on any atom is 0.341 e. The van der Waals surface area contributed by atoms with Crippen molar-refractivity contribution >= 4 is 22.6 Å². The molecule has 1 aromatic heterocycles. The number of aromatic nitrogens is 1. The Morgan fingerprint density at radius 3 is 2.56 bits per heavy atom. The topological polar surface area (TPSA) is 115 Å². The lowest BCUT2D eigenvalue weighted by Crippen LogP contribution is -2.26. The van der Waals surface area contributed by atoms with Gasteiger partial charge in [-0.3, -0.25) is 4.79 Å². The van der Waals surface area contributed by atoms with Gasteiger partial charge in [0.15, 0.2) is 5.82 Å². The number of nitrogens with zero attached hydrogens (tertiary/aromatic N) is 2. The largest absolute Gasteiger partial charge is 0.477 e. The summed E-state index contributed by atoms with van der Waals surface area (Å²) in [6.07, 6.45) is 2.66. The second-order valence-corrected chi connectivity index (χ2v) is 9.19. The van der Waals surface area contributed by atoms with Crippen LogP contribution in [0.15, 0.2) is 41.3 Å². The van der Waals surface area contributed by atoms with Gasteiger partial charge in [-0.15, -0.1) is 0 Å². The molecule has 7 nitrogen and oxygen atoms in total. The van der Waals surface area contributed by atoms with Crippen molar-refractivity contribution in [2.24, 2.45) is 17.4 Å². The van der Waals surface area contributed by atoms with Crippen molar-refractivity contribution in [1.82, 2.24) is 4.57 Å². The number of anilines is 1. The van der Waals surface area contributed by atoms with Gasteiger partial charge < -0.3 is 26.0 Å². The quantitative estimate of drug-likeness (QED) is 0.513. The standard InChI is InChI=1S/C25H26F2N4O3/c26-20-7-17-22(31(16-4-5-16)12-19(24(17)32)25(33)34)21(27)23(20)30-10-15(9-29)18(11-30)14-3-1-2-13(6-14)8-28/h1-3,6-7,12,15-16,18H,4-5,8-11,28-29H2,(H,33,34)/t15-,18+/m0/s1. The Kier molecular flexibility index (Phi) is 5.61. The number of hydrogen-bond donors (Lipinski definition) is 3. The third kappa shape index (κ3) is 3.65. The number of rotatable bonds is 6. The molecule has 0 spiro atoms. The monoisotopic (exact) mass is 468 g/mol. The zero-order valence-corrected chi connectivity index (χ0v) is 18.5. The first-order valence-electron chi connectivity index (χ1n) is 11.4. The van der Waals surface area contributed by atoms with E-state index in [1.807, 2.05) is 24.3 Å². The highest BCUT2D eigenvalue weighted by Gasteiger charge is 2.37. The van der Waals surface area contributed by atoms with E-state index in [9.17, 15) is 14.7 Å². The van der Waals surface area contributed by atoms with Crippen molar-refractivity contribution in [2.75, 3.05) is 24.5 Å². The summed E-state index contributed by atoms with van der Waals surface area (Å²) in [5.41, 5.74) is 12.2. The van der Waals surface area contributed by atoms with Gasteiger partial charge in [-0.1, -0.05) is 24.3 Å². The van der Waals surface area contributed by atoms with Crippen LogP contribution in [0.1, 0.15) is 46.3 Å². The van der Waals surface area contributed by atoms with Crippen LogP contribution in [0.4, 0.5) is 14.5 Å². The fraction of sp³-hybridized carbons (Fsp3) is 0.360. The number of fused-ring (bicyclic) bond motifs is 1. The molecule has 0 radical (unpaired) electrons. The van der Waals surface area contributed by atoms with Crippen LogP contribution in [-0.4, -0.2) is 35.3 Å². The summed E-state index contributed by atoms with van der Waals surface area (Å²) >= 11 is 0. The van der Waals surface area contributed by atoms with Crippen molar-refractivity contribution in [2.45, 2.75) is 31.3 Å². The minimum absolute atomic E-state index is 0.0254. The average molecular weight is 469 g/mol. The van der Waals surface area contributed by atoms with Gasteiger partial charge in [0, 0.05) is 37.8 Å². The van der Waals surface area contributed by atoms with E-state index in [4.69, 9.17) is 11.5 Å². The normalized spacial score (nSPS) is 20.3. The molecule has 1 saturated heterocycles. The molecule has 2 aromatic carbocycles.